The average Bonchev–Trinajstić information content (AvgIpc) is 3.02. The first-order chi connectivity index (χ1) is 10.3. The zero-order valence-corrected chi connectivity index (χ0v) is 13.9. The van der Waals surface area contributed by atoms with E-state index in [0.29, 0.717) is 6.10 Å². The standard InChI is InChI=1S/C16H23ClN2OS/c17-15-11-13(3-7-19-8-5-18-6-9-19)1-2-16(15)20-14-4-10-21-12-14/h1-2,11,14,18H,3-10,12H2. The van der Waals surface area contributed by atoms with Crippen LogP contribution in [-0.4, -0.2) is 55.2 Å². The summed E-state index contributed by atoms with van der Waals surface area (Å²) in [5.41, 5.74) is 1.30. The van der Waals surface area contributed by atoms with Gasteiger partial charge in [-0.3, -0.25) is 0 Å². The molecule has 2 aliphatic heterocycles. The third-order valence-corrected chi connectivity index (χ3v) is 5.53. The minimum atomic E-state index is 0.333. The normalized spacial score (nSPS) is 23.4. The van der Waals surface area contributed by atoms with E-state index in [1.807, 2.05) is 17.8 Å². The van der Waals surface area contributed by atoms with Crippen LogP contribution in [0, 0.1) is 0 Å². The van der Waals surface area contributed by atoms with E-state index in [1.54, 1.807) is 0 Å². The highest BCUT2D eigenvalue weighted by Crippen LogP contribution is 2.30. The van der Waals surface area contributed by atoms with Gasteiger partial charge >= 0.3 is 0 Å². The molecule has 2 aliphatic rings. The number of nitrogens with one attached hydrogen (secondary N) is 1. The first-order valence-corrected chi connectivity index (χ1v) is 9.30. The lowest BCUT2D eigenvalue weighted by Crippen LogP contribution is -2.44. The Morgan fingerprint density at radius 3 is 2.90 bits per heavy atom. The van der Waals surface area contributed by atoms with Crippen LogP contribution in [-0.2, 0) is 6.42 Å². The van der Waals surface area contributed by atoms with Gasteiger partial charge < -0.3 is 15.0 Å². The molecule has 5 heteroatoms. The second-order valence-corrected chi connectivity index (χ2v) is 7.27. The second kappa shape index (κ2) is 7.73. The molecule has 0 bridgehead atoms. The van der Waals surface area contributed by atoms with Crippen molar-refractivity contribution in [1.82, 2.24) is 10.2 Å². The molecule has 0 radical (unpaired) electrons. The van der Waals surface area contributed by atoms with Gasteiger partial charge in [-0.1, -0.05) is 17.7 Å². The van der Waals surface area contributed by atoms with Crippen LogP contribution >= 0.6 is 23.4 Å². The molecule has 0 amide bonds. The van der Waals surface area contributed by atoms with Crippen LogP contribution in [0.4, 0.5) is 0 Å². The molecular weight excluding hydrogens is 304 g/mol. The van der Waals surface area contributed by atoms with Gasteiger partial charge in [-0.25, -0.2) is 0 Å². The van der Waals surface area contributed by atoms with Crippen LogP contribution < -0.4 is 10.1 Å². The van der Waals surface area contributed by atoms with E-state index in [1.165, 1.54) is 11.3 Å². The van der Waals surface area contributed by atoms with Gasteiger partial charge in [-0.15, -0.1) is 0 Å². The van der Waals surface area contributed by atoms with Crippen molar-refractivity contribution in [3.8, 4) is 5.75 Å². The molecule has 1 atom stereocenters. The molecule has 1 unspecified atom stereocenters. The van der Waals surface area contributed by atoms with E-state index in [4.69, 9.17) is 16.3 Å². The van der Waals surface area contributed by atoms with Gasteiger partial charge in [-0.2, -0.15) is 11.8 Å². The average molecular weight is 327 g/mol. The summed E-state index contributed by atoms with van der Waals surface area (Å²) in [6, 6.07) is 6.27. The fraction of sp³-hybridized carbons (Fsp3) is 0.625. The summed E-state index contributed by atoms with van der Waals surface area (Å²) in [5.74, 6) is 3.13. The predicted octanol–water partition coefficient (Wildman–Crippen LogP) is 2.67. The zero-order valence-electron chi connectivity index (χ0n) is 12.3. The molecule has 3 nitrogen and oxygen atoms in total. The summed E-state index contributed by atoms with van der Waals surface area (Å²) < 4.78 is 5.98. The lowest BCUT2D eigenvalue weighted by Gasteiger charge is -2.27. The Labute approximate surface area is 136 Å². The smallest absolute Gasteiger partial charge is 0.138 e. The lowest BCUT2D eigenvalue weighted by atomic mass is 10.1. The molecule has 1 aromatic carbocycles. The molecule has 0 aliphatic carbocycles. The Kier molecular flexibility index (Phi) is 5.69. The van der Waals surface area contributed by atoms with E-state index < -0.39 is 0 Å². The van der Waals surface area contributed by atoms with Crippen LogP contribution in [0.15, 0.2) is 18.2 Å². The highest BCUT2D eigenvalue weighted by Gasteiger charge is 2.18. The van der Waals surface area contributed by atoms with Crippen molar-refractivity contribution in [3.63, 3.8) is 0 Å². The van der Waals surface area contributed by atoms with Crippen LogP contribution in [0.5, 0.6) is 5.75 Å². The van der Waals surface area contributed by atoms with Crippen LogP contribution in [0.3, 0.4) is 0 Å². The predicted molar refractivity (Wildman–Crippen MR) is 90.8 cm³/mol. The van der Waals surface area contributed by atoms with Crippen molar-refractivity contribution in [2.75, 3.05) is 44.2 Å². The Balaban J connectivity index is 1.53. The minimum Gasteiger partial charge on any atom is -0.488 e. The van der Waals surface area contributed by atoms with E-state index in [9.17, 15) is 0 Å². The van der Waals surface area contributed by atoms with Crippen LogP contribution in [0.1, 0.15) is 12.0 Å². The molecule has 2 heterocycles. The Hall–Kier alpha value is -0.420. The first-order valence-electron chi connectivity index (χ1n) is 7.77. The Morgan fingerprint density at radius 1 is 1.33 bits per heavy atom. The van der Waals surface area contributed by atoms with Crippen molar-refractivity contribution in [1.29, 1.82) is 0 Å². The molecule has 1 aromatic rings. The summed E-state index contributed by atoms with van der Waals surface area (Å²) in [6.45, 7) is 5.61. The highest BCUT2D eigenvalue weighted by atomic mass is 35.5. The number of benzene rings is 1. The van der Waals surface area contributed by atoms with Crippen molar-refractivity contribution < 1.29 is 4.74 Å². The molecule has 21 heavy (non-hydrogen) atoms. The molecule has 1 N–H and O–H groups in total. The summed E-state index contributed by atoms with van der Waals surface area (Å²) in [5, 5.41) is 4.14. The number of rotatable bonds is 5. The maximum atomic E-state index is 6.37. The lowest BCUT2D eigenvalue weighted by molar-refractivity contribution is 0.229. The topological polar surface area (TPSA) is 24.5 Å². The SMILES string of the molecule is Clc1cc(CCN2CCNCC2)ccc1OC1CCSC1. The van der Waals surface area contributed by atoms with Gasteiger partial charge in [0.1, 0.15) is 11.9 Å². The van der Waals surface area contributed by atoms with Crippen molar-refractivity contribution in [2.24, 2.45) is 0 Å². The number of nitrogens with zero attached hydrogens (tertiary/aromatic N) is 1. The molecule has 0 spiro atoms. The first kappa shape index (κ1) is 15.5. The summed E-state index contributed by atoms with van der Waals surface area (Å²) in [7, 11) is 0. The van der Waals surface area contributed by atoms with Crippen molar-refractivity contribution in [2.45, 2.75) is 18.9 Å². The number of ether oxygens (including phenoxy) is 1. The number of piperazine rings is 1. The van der Waals surface area contributed by atoms with Crippen molar-refractivity contribution in [3.05, 3.63) is 28.8 Å². The second-order valence-electron chi connectivity index (χ2n) is 5.71. The number of hydrogen-bond acceptors (Lipinski definition) is 4. The van der Waals surface area contributed by atoms with Crippen molar-refractivity contribution >= 4 is 23.4 Å². The number of halogens is 1. The third kappa shape index (κ3) is 4.52. The molecule has 116 valence electrons. The highest BCUT2D eigenvalue weighted by molar-refractivity contribution is 7.99. The van der Waals surface area contributed by atoms with Gasteiger partial charge in [0, 0.05) is 38.5 Å². The Bertz CT molecular complexity index is 460. The summed E-state index contributed by atoms with van der Waals surface area (Å²) in [4.78, 5) is 2.50. The van der Waals surface area contributed by atoms with E-state index >= 15 is 0 Å². The summed E-state index contributed by atoms with van der Waals surface area (Å²) in [6.07, 6.45) is 2.52. The quantitative estimate of drug-likeness (QED) is 0.899. The van der Waals surface area contributed by atoms with Gasteiger partial charge in [0.25, 0.3) is 0 Å². The fourth-order valence-electron chi connectivity index (χ4n) is 2.80. The largest absolute Gasteiger partial charge is 0.488 e. The fourth-order valence-corrected chi connectivity index (χ4v) is 4.14. The van der Waals surface area contributed by atoms with Gasteiger partial charge in [0.2, 0.25) is 0 Å². The maximum Gasteiger partial charge on any atom is 0.138 e. The van der Waals surface area contributed by atoms with Gasteiger partial charge in [-0.05, 0) is 36.3 Å². The van der Waals surface area contributed by atoms with Gasteiger partial charge in [0.15, 0.2) is 0 Å². The third-order valence-electron chi connectivity index (χ3n) is 4.10. The number of thioether (sulfide) groups is 1. The molecule has 0 saturated carbocycles. The molecule has 3 rings (SSSR count). The summed E-state index contributed by atoms with van der Waals surface area (Å²) >= 11 is 8.33. The van der Waals surface area contributed by atoms with E-state index in [2.05, 4.69) is 22.3 Å². The molecule has 2 fully saturated rings. The maximum absolute atomic E-state index is 6.37. The van der Waals surface area contributed by atoms with Crippen LogP contribution in [0.25, 0.3) is 0 Å². The number of hydrogen-bond donors (Lipinski definition) is 1. The molecule has 0 aromatic heterocycles. The van der Waals surface area contributed by atoms with Crippen LogP contribution in [0.2, 0.25) is 5.02 Å². The Morgan fingerprint density at radius 2 is 2.19 bits per heavy atom. The monoisotopic (exact) mass is 326 g/mol. The zero-order chi connectivity index (χ0) is 14.5. The molecule has 2 saturated heterocycles. The van der Waals surface area contributed by atoms with E-state index in [-0.39, 0.29) is 0 Å². The van der Waals surface area contributed by atoms with E-state index in [0.717, 1.165) is 62.1 Å². The molecular formula is C16H23ClN2OS. The minimum absolute atomic E-state index is 0.333. The van der Waals surface area contributed by atoms with Gasteiger partial charge in [0.05, 0.1) is 5.02 Å².